The fourth-order valence-corrected chi connectivity index (χ4v) is 3.09. The molecule has 0 aromatic heterocycles. The molecule has 2 aliphatic rings. The van der Waals surface area contributed by atoms with E-state index < -0.39 is 0 Å². The number of nitrogens with two attached hydrogens (primary N) is 1. The molecular weight excluding hydrogens is 242 g/mol. The highest BCUT2D eigenvalue weighted by atomic mass is 16.5. The quantitative estimate of drug-likeness (QED) is 0.800. The minimum absolute atomic E-state index is 0.139. The van der Waals surface area contributed by atoms with E-state index >= 15 is 0 Å². The number of hydrogen-bond acceptors (Lipinski definition) is 4. The van der Waals surface area contributed by atoms with Gasteiger partial charge in [-0.2, -0.15) is 0 Å². The Morgan fingerprint density at radius 2 is 2.21 bits per heavy atom. The molecule has 3 atom stereocenters. The lowest BCUT2D eigenvalue weighted by Crippen LogP contribution is -2.56. The van der Waals surface area contributed by atoms with E-state index in [0.717, 1.165) is 39.0 Å². The number of piperidine rings is 1. The third-order valence-electron chi connectivity index (χ3n) is 4.41. The zero-order chi connectivity index (χ0) is 13.8. The van der Waals surface area contributed by atoms with Crippen molar-refractivity contribution in [1.82, 2.24) is 9.80 Å². The van der Waals surface area contributed by atoms with Crippen LogP contribution in [-0.4, -0.2) is 67.2 Å². The van der Waals surface area contributed by atoms with E-state index in [2.05, 4.69) is 18.7 Å². The summed E-state index contributed by atoms with van der Waals surface area (Å²) >= 11 is 0. The van der Waals surface area contributed by atoms with Gasteiger partial charge in [0, 0.05) is 32.2 Å². The van der Waals surface area contributed by atoms with E-state index in [9.17, 15) is 4.79 Å². The number of ether oxygens (including phenoxy) is 1. The number of carbonyl (C=O) groups excluding carboxylic acids is 1. The number of likely N-dealkylation sites (N-methyl/N-ethyl adjacent to an activating group) is 1. The second-order valence-corrected chi connectivity index (χ2v) is 5.80. The highest BCUT2D eigenvalue weighted by Gasteiger charge is 2.35. The first kappa shape index (κ1) is 14.8. The third-order valence-corrected chi connectivity index (χ3v) is 4.41. The molecule has 0 bridgehead atoms. The molecule has 0 radical (unpaired) electrons. The monoisotopic (exact) mass is 269 g/mol. The van der Waals surface area contributed by atoms with Crippen LogP contribution >= 0.6 is 0 Å². The maximum Gasteiger partial charge on any atom is 0.253 e. The van der Waals surface area contributed by atoms with Crippen LogP contribution < -0.4 is 5.73 Å². The Hall–Kier alpha value is -0.650. The molecule has 19 heavy (non-hydrogen) atoms. The van der Waals surface area contributed by atoms with Crippen LogP contribution in [0.15, 0.2) is 0 Å². The zero-order valence-corrected chi connectivity index (χ0v) is 12.2. The summed E-state index contributed by atoms with van der Waals surface area (Å²) in [6.07, 6.45) is 1.80. The highest BCUT2D eigenvalue weighted by molar-refractivity contribution is 5.81. The molecule has 5 nitrogen and oxygen atoms in total. The van der Waals surface area contributed by atoms with E-state index in [1.807, 2.05) is 4.90 Å². The Bertz CT molecular complexity index is 311. The van der Waals surface area contributed by atoms with Crippen LogP contribution in [0.25, 0.3) is 0 Å². The Labute approximate surface area is 116 Å². The molecule has 0 spiro atoms. The normalized spacial score (nSPS) is 33.4. The molecule has 110 valence electrons. The van der Waals surface area contributed by atoms with Crippen molar-refractivity contribution in [1.29, 1.82) is 0 Å². The molecule has 0 aliphatic carbocycles. The number of nitrogens with zero attached hydrogens (tertiary/aromatic N) is 2. The molecule has 0 saturated carbocycles. The maximum atomic E-state index is 12.6. The number of rotatable bonds is 3. The van der Waals surface area contributed by atoms with E-state index in [1.54, 1.807) is 0 Å². The predicted octanol–water partition coefficient (Wildman–Crippen LogP) is 0.293. The molecule has 2 fully saturated rings. The molecule has 5 heteroatoms. The van der Waals surface area contributed by atoms with Crippen molar-refractivity contribution >= 4 is 5.91 Å². The topological polar surface area (TPSA) is 58.8 Å². The van der Waals surface area contributed by atoms with Crippen LogP contribution in [0.3, 0.4) is 0 Å². The molecule has 2 aliphatic heterocycles. The van der Waals surface area contributed by atoms with E-state index in [1.165, 1.54) is 0 Å². The van der Waals surface area contributed by atoms with Crippen molar-refractivity contribution < 1.29 is 9.53 Å². The maximum absolute atomic E-state index is 12.6. The zero-order valence-electron chi connectivity index (χ0n) is 12.2. The average molecular weight is 269 g/mol. The van der Waals surface area contributed by atoms with Gasteiger partial charge in [-0.1, -0.05) is 13.8 Å². The Kier molecular flexibility index (Phi) is 5.19. The van der Waals surface area contributed by atoms with Gasteiger partial charge in [0.05, 0.1) is 6.61 Å². The fraction of sp³-hybridized carbons (Fsp3) is 0.929. The standard InChI is InChI=1S/C14H27N3O2/c1-3-16-6-7-19-13(10-16)14(18)17-5-4-11(2)8-12(17)9-15/h11-13H,3-10,15H2,1-2H3. The van der Waals surface area contributed by atoms with Crippen molar-refractivity contribution in [2.45, 2.75) is 38.8 Å². The number of morpholine rings is 1. The van der Waals surface area contributed by atoms with Gasteiger partial charge in [0.1, 0.15) is 6.10 Å². The lowest BCUT2D eigenvalue weighted by atomic mass is 9.92. The molecule has 2 N–H and O–H groups in total. The molecule has 1 amide bonds. The van der Waals surface area contributed by atoms with Gasteiger partial charge in [-0.3, -0.25) is 9.69 Å². The first-order chi connectivity index (χ1) is 9.15. The first-order valence-corrected chi connectivity index (χ1v) is 7.50. The predicted molar refractivity (Wildman–Crippen MR) is 74.8 cm³/mol. The lowest BCUT2D eigenvalue weighted by molar-refractivity contribution is -0.153. The van der Waals surface area contributed by atoms with Crippen LogP contribution in [0.5, 0.6) is 0 Å². The summed E-state index contributed by atoms with van der Waals surface area (Å²) in [5.41, 5.74) is 5.83. The second-order valence-electron chi connectivity index (χ2n) is 5.80. The second kappa shape index (κ2) is 6.68. The van der Waals surface area contributed by atoms with Gasteiger partial charge in [0.2, 0.25) is 0 Å². The van der Waals surface area contributed by atoms with Crippen LogP contribution in [-0.2, 0) is 9.53 Å². The van der Waals surface area contributed by atoms with Gasteiger partial charge >= 0.3 is 0 Å². The summed E-state index contributed by atoms with van der Waals surface area (Å²) < 4.78 is 5.67. The van der Waals surface area contributed by atoms with Gasteiger partial charge in [-0.05, 0) is 25.3 Å². The van der Waals surface area contributed by atoms with Gasteiger partial charge in [-0.15, -0.1) is 0 Å². The van der Waals surface area contributed by atoms with Crippen molar-refractivity contribution in [2.75, 3.05) is 39.3 Å². The molecule has 3 unspecified atom stereocenters. The average Bonchev–Trinajstić information content (AvgIpc) is 2.46. The largest absolute Gasteiger partial charge is 0.366 e. The Balaban J connectivity index is 1.97. The Morgan fingerprint density at radius 1 is 1.42 bits per heavy atom. The summed E-state index contributed by atoms with van der Waals surface area (Å²) in [6, 6.07) is 0.192. The van der Waals surface area contributed by atoms with Gasteiger partial charge in [0.15, 0.2) is 0 Å². The summed E-state index contributed by atoms with van der Waals surface area (Å²) in [4.78, 5) is 16.8. The van der Waals surface area contributed by atoms with E-state index in [-0.39, 0.29) is 18.1 Å². The summed E-state index contributed by atoms with van der Waals surface area (Å²) in [7, 11) is 0. The number of likely N-dealkylation sites (tertiary alicyclic amines) is 1. The van der Waals surface area contributed by atoms with E-state index in [4.69, 9.17) is 10.5 Å². The van der Waals surface area contributed by atoms with Crippen molar-refractivity contribution in [3.05, 3.63) is 0 Å². The van der Waals surface area contributed by atoms with Crippen molar-refractivity contribution in [2.24, 2.45) is 11.7 Å². The fourth-order valence-electron chi connectivity index (χ4n) is 3.09. The molecule has 0 aromatic rings. The highest BCUT2D eigenvalue weighted by Crippen LogP contribution is 2.23. The van der Waals surface area contributed by atoms with Crippen LogP contribution in [0, 0.1) is 5.92 Å². The van der Waals surface area contributed by atoms with Crippen LogP contribution in [0.1, 0.15) is 26.7 Å². The van der Waals surface area contributed by atoms with E-state index in [0.29, 0.717) is 19.1 Å². The minimum atomic E-state index is -0.295. The number of carbonyl (C=O) groups is 1. The lowest BCUT2D eigenvalue weighted by Gasteiger charge is -2.41. The molecule has 2 heterocycles. The third kappa shape index (κ3) is 3.46. The molecular formula is C14H27N3O2. The van der Waals surface area contributed by atoms with Crippen molar-refractivity contribution in [3.63, 3.8) is 0 Å². The number of amides is 1. The minimum Gasteiger partial charge on any atom is -0.366 e. The smallest absolute Gasteiger partial charge is 0.253 e. The van der Waals surface area contributed by atoms with Crippen LogP contribution in [0.4, 0.5) is 0 Å². The summed E-state index contributed by atoms with van der Waals surface area (Å²) in [5.74, 6) is 0.803. The molecule has 2 rings (SSSR count). The van der Waals surface area contributed by atoms with Gasteiger partial charge < -0.3 is 15.4 Å². The van der Waals surface area contributed by atoms with Gasteiger partial charge in [-0.25, -0.2) is 0 Å². The number of hydrogen-bond donors (Lipinski definition) is 1. The van der Waals surface area contributed by atoms with Gasteiger partial charge in [0.25, 0.3) is 5.91 Å². The summed E-state index contributed by atoms with van der Waals surface area (Å²) in [5, 5.41) is 0. The SMILES string of the molecule is CCN1CCOC(C(=O)N2CCC(C)CC2CN)C1. The summed E-state index contributed by atoms with van der Waals surface area (Å²) in [6.45, 7) is 9.02. The molecule has 2 saturated heterocycles. The van der Waals surface area contributed by atoms with Crippen LogP contribution in [0.2, 0.25) is 0 Å². The first-order valence-electron chi connectivity index (χ1n) is 7.50. The molecule has 0 aromatic carbocycles. The Morgan fingerprint density at radius 3 is 2.89 bits per heavy atom. The van der Waals surface area contributed by atoms with Crippen molar-refractivity contribution in [3.8, 4) is 0 Å².